The lowest BCUT2D eigenvalue weighted by Gasteiger charge is -2.27. The average Bonchev–Trinajstić information content (AvgIpc) is 3.36. The Morgan fingerprint density at radius 2 is 1.10 bits per heavy atom. The maximum Gasteiger partial charge on any atom is 0.420 e. The molecular formula is C35H20F3NO. The molecule has 8 rings (SSSR count). The van der Waals surface area contributed by atoms with Gasteiger partial charge < -0.3 is 9.32 Å². The van der Waals surface area contributed by atoms with Crippen molar-refractivity contribution in [2.75, 3.05) is 4.90 Å². The van der Waals surface area contributed by atoms with Gasteiger partial charge in [-0.05, 0) is 57.3 Å². The zero-order valence-electron chi connectivity index (χ0n) is 21.0. The van der Waals surface area contributed by atoms with Gasteiger partial charge in [0.1, 0.15) is 5.58 Å². The maximum absolute atomic E-state index is 13.9. The zero-order chi connectivity index (χ0) is 27.0. The van der Waals surface area contributed by atoms with Crippen LogP contribution in [0.1, 0.15) is 5.56 Å². The third-order valence-electron chi connectivity index (χ3n) is 7.81. The van der Waals surface area contributed by atoms with Crippen molar-refractivity contribution in [1.29, 1.82) is 0 Å². The van der Waals surface area contributed by atoms with Gasteiger partial charge in [-0.3, -0.25) is 0 Å². The van der Waals surface area contributed by atoms with Crippen molar-refractivity contribution in [3.8, 4) is 0 Å². The van der Waals surface area contributed by atoms with Crippen LogP contribution >= 0.6 is 0 Å². The largest absolute Gasteiger partial charge is 0.453 e. The van der Waals surface area contributed by atoms with Crippen LogP contribution in [0.25, 0.3) is 54.3 Å². The van der Waals surface area contributed by atoms with Gasteiger partial charge in [-0.2, -0.15) is 13.2 Å². The van der Waals surface area contributed by atoms with E-state index < -0.39 is 11.7 Å². The van der Waals surface area contributed by atoms with Gasteiger partial charge in [-0.1, -0.05) is 91.0 Å². The van der Waals surface area contributed by atoms with Crippen molar-refractivity contribution < 1.29 is 17.6 Å². The Morgan fingerprint density at radius 1 is 0.475 bits per heavy atom. The highest BCUT2D eigenvalue weighted by Crippen LogP contribution is 2.47. The highest BCUT2D eigenvalue weighted by molar-refractivity contribution is 6.26. The van der Waals surface area contributed by atoms with Gasteiger partial charge in [0.05, 0.1) is 16.9 Å². The van der Waals surface area contributed by atoms with E-state index in [1.807, 2.05) is 48.5 Å². The van der Waals surface area contributed by atoms with Crippen molar-refractivity contribution >= 4 is 71.3 Å². The minimum absolute atomic E-state index is 0.152. The molecular weight excluding hydrogens is 507 g/mol. The van der Waals surface area contributed by atoms with E-state index in [0.717, 1.165) is 44.4 Å². The first kappa shape index (κ1) is 22.9. The predicted molar refractivity (Wildman–Crippen MR) is 157 cm³/mol. The molecule has 0 aliphatic carbocycles. The Kier molecular flexibility index (Phi) is 4.72. The summed E-state index contributed by atoms with van der Waals surface area (Å²) in [5.74, 6) is 0. The summed E-state index contributed by atoms with van der Waals surface area (Å²) >= 11 is 0. The van der Waals surface area contributed by atoms with Crippen LogP contribution in [-0.2, 0) is 6.18 Å². The summed E-state index contributed by atoms with van der Waals surface area (Å²) in [6.45, 7) is 0. The van der Waals surface area contributed by atoms with E-state index in [1.165, 1.54) is 11.5 Å². The molecule has 0 radical (unpaired) electrons. The molecule has 0 atom stereocenters. The number of rotatable bonds is 3. The van der Waals surface area contributed by atoms with E-state index in [4.69, 9.17) is 4.42 Å². The second-order valence-corrected chi connectivity index (χ2v) is 10.0. The minimum Gasteiger partial charge on any atom is -0.453 e. The van der Waals surface area contributed by atoms with Gasteiger partial charge >= 0.3 is 6.18 Å². The predicted octanol–water partition coefficient (Wildman–Crippen LogP) is 11.0. The lowest BCUT2D eigenvalue weighted by atomic mass is 9.93. The van der Waals surface area contributed by atoms with Crippen LogP contribution in [0.4, 0.5) is 30.2 Å². The van der Waals surface area contributed by atoms with Crippen LogP contribution in [-0.4, -0.2) is 0 Å². The zero-order valence-corrected chi connectivity index (χ0v) is 21.0. The van der Waals surface area contributed by atoms with Crippen LogP contribution in [0.5, 0.6) is 0 Å². The van der Waals surface area contributed by atoms with Crippen molar-refractivity contribution in [2.45, 2.75) is 6.18 Å². The molecule has 2 nitrogen and oxygen atoms in total. The Balaban J connectivity index is 1.48. The van der Waals surface area contributed by atoms with Gasteiger partial charge in [0.15, 0.2) is 5.58 Å². The summed E-state index contributed by atoms with van der Waals surface area (Å²) in [5, 5.41) is 7.94. The van der Waals surface area contributed by atoms with Crippen LogP contribution in [0.2, 0.25) is 0 Å². The molecule has 8 aromatic rings. The van der Waals surface area contributed by atoms with Gasteiger partial charge in [0.25, 0.3) is 0 Å². The van der Waals surface area contributed by atoms with E-state index in [9.17, 15) is 13.2 Å². The highest BCUT2D eigenvalue weighted by atomic mass is 19.4. The van der Waals surface area contributed by atoms with E-state index in [0.29, 0.717) is 22.0 Å². The smallest absolute Gasteiger partial charge is 0.420 e. The SMILES string of the molecule is FC(F)(F)c1cccc2c1oc1c(N(c3ccccc3)c3ccc4ccc5cccc6ccc3c4c56)cccc12. The van der Waals surface area contributed by atoms with Crippen molar-refractivity contribution in [1.82, 2.24) is 0 Å². The Hall–Kier alpha value is -5.03. The van der Waals surface area contributed by atoms with Crippen LogP contribution in [0, 0.1) is 0 Å². The second kappa shape index (κ2) is 8.23. The summed E-state index contributed by atoms with van der Waals surface area (Å²) in [7, 11) is 0. The van der Waals surface area contributed by atoms with E-state index >= 15 is 0 Å². The third-order valence-corrected chi connectivity index (χ3v) is 7.81. The fourth-order valence-electron chi connectivity index (χ4n) is 6.10. The first-order chi connectivity index (χ1) is 19.5. The molecule has 0 fully saturated rings. The molecule has 0 bridgehead atoms. The summed E-state index contributed by atoms with van der Waals surface area (Å²) < 4.78 is 47.9. The number of hydrogen-bond acceptors (Lipinski definition) is 2. The minimum atomic E-state index is -4.53. The van der Waals surface area contributed by atoms with Crippen LogP contribution < -0.4 is 4.90 Å². The van der Waals surface area contributed by atoms with Gasteiger partial charge in [-0.15, -0.1) is 0 Å². The molecule has 40 heavy (non-hydrogen) atoms. The van der Waals surface area contributed by atoms with Crippen LogP contribution in [0.3, 0.4) is 0 Å². The monoisotopic (exact) mass is 527 g/mol. The number of hydrogen-bond donors (Lipinski definition) is 0. The van der Waals surface area contributed by atoms with E-state index in [2.05, 4.69) is 59.5 Å². The lowest BCUT2D eigenvalue weighted by molar-refractivity contribution is -0.136. The molecule has 1 aromatic heterocycles. The van der Waals surface area contributed by atoms with E-state index in [-0.39, 0.29) is 5.58 Å². The Bertz CT molecular complexity index is 2200. The van der Waals surface area contributed by atoms with Gasteiger partial charge in [-0.25, -0.2) is 0 Å². The molecule has 5 heteroatoms. The first-order valence-corrected chi connectivity index (χ1v) is 13.0. The lowest BCUT2D eigenvalue weighted by Crippen LogP contribution is -2.10. The third kappa shape index (κ3) is 3.24. The molecule has 0 unspecified atom stereocenters. The quantitative estimate of drug-likeness (QED) is 0.213. The molecule has 7 aromatic carbocycles. The molecule has 0 amide bonds. The Morgan fingerprint density at radius 3 is 1.85 bits per heavy atom. The van der Waals surface area contributed by atoms with Gasteiger partial charge in [0.2, 0.25) is 0 Å². The summed E-state index contributed by atoms with van der Waals surface area (Å²) in [6, 6.07) is 38.7. The standard InChI is InChI=1S/C35H20F3NO/c36-35(37,38)28-13-5-11-25-26-12-6-14-30(34(26)40-33(25)28)39(24-9-2-1-3-10-24)29-20-18-23-16-15-21-7-4-8-22-17-19-27(29)32(23)31(21)22/h1-20H. The number of nitrogens with zero attached hydrogens (tertiary/aromatic N) is 1. The number of furan rings is 1. The fourth-order valence-corrected chi connectivity index (χ4v) is 6.10. The topological polar surface area (TPSA) is 16.4 Å². The molecule has 1 heterocycles. The van der Waals surface area contributed by atoms with Crippen LogP contribution in [0.15, 0.2) is 126 Å². The molecule has 0 aliphatic rings. The number of anilines is 3. The number of halogens is 3. The average molecular weight is 528 g/mol. The first-order valence-electron chi connectivity index (χ1n) is 13.0. The molecule has 0 saturated carbocycles. The summed E-state index contributed by atoms with van der Waals surface area (Å²) in [5.41, 5.74) is 1.94. The summed E-state index contributed by atoms with van der Waals surface area (Å²) in [6.07, 6.45) is -4.53. The Labute approximate surface area is 226 Å². The van der Waals surface area contributed by atoms with Crippen molar-refractivity contribution in [2.24, 2.45) is 0 Å². The normalized spacial score (nSPS) is 12.4. The number of fused-ring (bicyclic) bond motifs is 3. The second-order valence-electron chi connectivity index (χ2n) is 10.0. The molecule has 0 saturated heterocycles. The van der Waals surface area contributed by atoms with Gasteiger partial charge in [0, 0.05) is 21.8 Å². The molecule has 0 aliphatic heterocycles. The maximum atomic E-state index is 13.9. The number of alkyl halides is 3. The molecule has 0 spiro atoms. The highest BCUT2D eigenvalue weighted by Gasteiger charge is 2.35. The molecule has 0 N–H and O–H groups in total. The van der Waals surface area contributed by atoms with Crippen molar-refractivity contribution in [3.63, 3.8) is 0 Å². The number of para-hydroxylation sites is 3. The molecule has 192 valence electrons. The van der Waals surface area contributed by atoms with E-state index in [1.54, 1.807) is 6.07 Å². The fraction of sp³-hybridized carbons (Fsp3) is 0.0286. The summed E-state index contributed by atoms with van der Waals surface area (Å²) in [4.78, 5) is 2.09. The number of benzene rings is 7. The van der Waals surface area contributed by atoms with Crippen molar-refractivity contribution in [3.05, 3.63) is 127 Å².